The topological polar surface area (TPSA) is 45.2 Å². The summed E-state index contributed by atoms with van der Waals surface area (Å²) in [5, 5.41) is 5.25. The molecule has 0 radical (unpaired) electrons. The summed E-state index contributed by atoms with van der Waals surface area (Å²) in [7, 11) is 0. The van der Waals surface area contributed by atoms with E-state index in [1.807, 2.05) is 0 Å². The van der Waals surface area contributed by atoms with Crippen LogP contribution in [0.25, 0.3) is 10.2 Å². The van der Waals surface area contributed by atoms with Crippen molar-refractivity contribution in [1.29, 1.82) is 0 Å². The molecule has 1 aliphatic heterocycles. The lowest BCUT2D eigenvalue weighted by Gasteiger charge is -2.28. The van der Waals surface area contributed by atoms with Gasteiger partial charge in [-0.2, -0.15) is 0 Å². The van der Waals surface area contributed by atoms with Crippen molar-refractivity contribution < 1.29 is 4.79 Å². The fourth-order valence-electron chi connectivity index (χ4n) is 4.41. The van der Waals surface area contributed by atoms with Gasteiger partial charge in [0.05, 0.1) is 5.69 Å². The van der Waals surface area contributed by atoms with E-state index in [1.165, 1.54) is 22.5 Å². The first-order valence-electron chi connectivity index (χ1n) is 11.6. The van der Waals surface area contributed by atoms with Crippen molar-refractivity contribution in [3.05, 3.63) is 92.9 Å². The summed E-state index contributed by atoms with van der Waals surface area (Å²) < 4.78 is 0. The number of rotatable bonds is 5. The number of fused-ring (bicyclic) bond motifs is 2. The van der Waals surface area contributed by atoms with E-state index in [0.29, 0.717) is 15.5 Å². The van der Waals surface area contributed by atoms with Crippen molar-refractivity contribution in [1.82, 2.24) is 9.88 Å². The zero-order valence-corrected chi connectivity index (χ0v) is 21.3. The summed E-state index contributed by atoms with van der Waals surface area (Å²) >= 11 is 7.52. The van der Waals surface area contributed by atoms with E-state index in [-0.39, 0.29) is 11.3 Å². The second-order valence-electron chi connectivity index (χ2n) is 9.91. The van der Waals surface area contributed by atoms with Gasteiger partial charge in [0, 0.05) is 53.3 Å². The molecule has 1 aliphatic rings. The number of halogens is 1. The molecule has 0 atom stereocenters. The van der Waals surface area contributed by atoms with E-state index in [4.69, 9.17) is 16.6 Å². The molecule has 2 aromatic heterocycles. The predicted octanol–water partition coefficient (Wildman–Crippen LogP) is 6.95. The summed E-state index contributed by atoms with van der Waals surface area (Å²) in [5.41, 5.74) is 5.02. The normalized spacial score (nSPS) is 14.2. The average molecular weight is 490 g/mol. The van der Waals surface area contributed by atoms with Gasteiger partial charge >= 0.3 is 0 Å². The van der Waals surface area contributed by atoms with Gasteiger partial charge in [0.25, 0.3) is 0 Å². The van der Waals surface area contributed by atoms with Crippen LogP contribution in [-0.4, -0.2) is 27.8 Å². The number of benzene rings is 2. The van der Waals surface area contributed by atoms with E-state index >= 15 is 0 Å². The van der Waals surface area contributed by atoms with Crippen LogP contribution in [0.15, 0.2) is 60.7 Å². The van der Waals surface area contributed by atoms with Gasteiger partial charge in [0.1, 0.15) is 9.71 Å². The Balaban J connectivity index is 1.53. The van der Waals surface area contributed by atoms with Crippen LogP contribution in [-0.2, 0) is 19.5 Å². The molecule has 0 bridgehead atoms. The third kappa shape index (κ3) is 4.88. The summed E-state index contributed by atoms with van der Waals surface area (Å²) in [6.07, 6.45) is 0.915. The minimum atomic E-state index is -0.196. The minimum absolute atomic E-state index is 0.00454. The second kappa shape index (κ2) is 9.14. The largest absolute Gasteiger partial charge is 0.379 e. The van der Waals surface area contributed by atoms with Crippen molar-refractivity contribution in [2.75, 3.05) is 11.9 Å². The van der Waals surface area contributed by atoms with Crippen LogP contribution in [0.5, 0.6) is 0 Å². The molecule has 1 N–H and O–H groups in total. The van der Waals surface area contributed by atoms with E-state index in [2.05, 4.69) is 67.4 Å². The fraction of sp³-hybridized carbons (Fsp3) is 0.286. The number of nitrogens with zero attached hydrogens (tertiary/aromatic N) is 2. The zero-order chi connectivity index (χ0) is 23.9. The Morgan fingerprint density at radius 3 is 2.56 bits per heavy atom. The Morgan fingerprint density at radius 2 is 1.85 bits per heavy atom. The maximum absolute atomic E-state index is 13.5. The van der Waals surface area contributed by atoms with Crippen LogP contribution in [0.1, 0.15) is 52.8 Å². The summed E-state index contributed by atoms with van der Waals surface area (Å²) in [5.74, 6) is -0.00454. The van der Waals surface area contributed by atoms with Gasteiger partial charge in [-0.1, -0.05) is 41.9 Å². The smallest absolute Gasteiger partial charge is 0.205 e. The third-order valence-corrected chi connectivity index (χ3v) is 7.32. The molecule has 2 aromatic carbocycles. The van der Waals surface area contributed by atoms with Gasteiger partial charge in [-0.15, -0.1) is 11.3 Å². The zero-order valence-electron chi connectivity index (χ0n) is 19.7. The highest BCUT2D eigenvalue weighted by molar-refractivity contribution is 7.21. The van der Waals surface area contributed by atoms with Crippen LogP contribution in [0, 0.1) is 0 Å². The van der Waals surface area contributed by atoms with Crippen LogP contribution in [0.2, 0.25) is 5.02 Å². The third-order valence-electron chi connectivity index (χ3n) is 5.97. The van der Waals surface area contributed by atoms with E-state index < -0.39 is 0 Å². The fourth-order valence-corrected chi connectivity index (χ4v) is 5.63. The molecule has 0 spiro atoms. The van der Waals surface area contributed by atoms with Gasteiger partial charge in [0.2, 0.25) is 5.78 Å². The minimum Gasteiger partial charge on any atom is -0.379 e. The number of pyridine rings is 1. The van der Waals surface area contributed by atoms with Crippen molar-refractivity contribution in [3.8, 4) is 0 Å². The van der Waals surface area contributed by atoms with Gasteiger partial charge in [-0.05, 0) is 62.2 Å². The van der Waals surface area contributed by atoms with Crippen molar-refractivity contribution >= 4 is 44.6 Å². The van der Waals surface area contributed by atoms with E-state index in [0.717, 1.165) is 47.7 Å². The molecule has 3 heterocycles. The summed E-state index contributed by atoms with van der Waals surface area (Å²) in [6, 6.07) is 19.9. The predicted molar refractivity (Wildman–Crippen MR) is 142 cm³/mol. The first kappa shape index (κ1) is 23.0. The quantitative estimate of drug-likeness (QED) is 0.308. The highest BCUT2D eigenvalue weighted by Crippen LogP contribution is 2.39. The lowest BCUT2D eigenvalue weighted by atomic mass is 10.0. The monoisotopic (exact) mass is 489 g/mol. The van der Waals surface area contributed by atoms with Crippen molar-refractivity contribution in [2.24, 2.45) is 0 Å². The number of aromatic nitrogens is 1. The molecule has 4 nitrogen and oxygen atoms in total. The van der Waals surface area contributed by atoms with E-state index in [1.54, 1.807) is 24.3 Å². The first-order chi connectivity index (χ1) is 16.3. The summed E-state index contributed by atoms with van der Waals surface area (Å²) in [6.45, 7) is 9.10. The molecule has 6 heteroatoms. The van der Waals surface area contributed by atoms with E-state index in [9.17, 15) is 4.79 Å². The molecule has 5 rings (SSSR count). The molecule has 0 amide bonds. The van der Waals surface area contributed by atoms with Gasteiger partial charge in [-0.3, -0.25) is 9.69 Å². The first-order valence-corrected chi connectivity index (χ1v) is 12.8. The maximum atomic E-state index is 13.5. The number of anilines is 1. The molecule has 0 unspecified atom stereocenters. The molecule has 4 aromatic rings. The Labute approximate surface area is 209 Å². The number of ketones is 1. The Bertz CT molecular complexity index is 1340. The number of hydrogen-bond donors (Lipinski definition) is 1. The van der Waals surface area contributed by atoms with Crippen LogP contribution in [0.4, 0.5) is 5.69 Å². The number of nitrogens with one attached hydrogen (secondary N) is 1. The lowest BCUT2D eigenvalue weighted by Crippen LogP contribution is -2.30. The highest BCUT2D eigenvalue weighted by atomic mass is 35.5. The summed E-state index contributed by atoms with van der Waals surface area (Å²) in [4.78, 5) is 22.6. The van der Waals surface area contributed by atoms with Crippen molar-refractivity contribution in [2.45, 2.75) is 45.8 Å². The van der Waals surface area contributed by atoms with Gasteiger partial charge in [0.15, 0.2) is 0 Å². The Kier molecular flexibility index (Phi) is 6.19. The van der Waals surface area contributed by atoms with Gasteiger partial charge < -0.3 is 5.32 Å². The molecule has 174 valence electrons. The Morgan fingerprint density at radius 1 is 1.12 bits per heavy atom. The van der Waals surface area contributed by atoms with Gasteiger partial charge in [-0.25, -0.2) is 4.98 Å². The molecule has 0 fully saturated rings. The molecular weight excluding hydrogens is 462 g/mol. The average Bonchev–Trinajstić information content (AvgIpc) is 3.14. The highest BCUT2D eigenvalue weighted by Gasteiger charge is 2.26. The SMILES string of the molecule is CC(C)(C)Nc1c(C(=O)c2ccc(Cl)cc2)sc2nc3c(cc12)CN(Cc1ccccc1)CC3. The standard InChI is InChI=1S/C28H28ClN3OS/c1-28(2,3)31-24-22-15-20-17-32(16-18-7-5-4-6-8-18)14-13-23(20)30-27(22)34-26(24)25(33)19-9-11-21(29)12-10-19/h4-12,15,31H,13-14,16-17H2,1-3H3. The number of hydrogen-bond acceptors (Lipinski definition) is 5. The molecule has 34 heavy (non-hydrogen) atoms. The maximum Gasteiger partial charge on any atom is 0.205 e. The molecular formula is C28H28ClN3OS. The van der Waals surface area contributed by atoms with Crippen LogP contribution < -0.4 is 5.32 Å². The molecule has 0 saturated heterocycles. The lowest BCUT2D eigenvalue weighted by molar-refractivity contribution is 0.104. The number of carbonyl (C=O) groups is 1. The van der Waals surface area contributed by atoms with Crippen LogP contribution >= 0.6 is 22.9 Å². The molecule has 0 aliphatic carbocycles. The Hall–Kier alpha value is -2.73. The molecule has 0 saturated carbocycles. The second-order valence-corrected chi connectivity index (χ2v) is 11.3. The van der Waals surface area contributed by atoms with Crippen molar-refractivity contribution in [3.63, 3.8) is 0 Å². The van der Waals surface area contributed by atoms with Crippen LogP contribution in [0.3, 0.4) is 0 Å². The number of thiophene rings is 1. The number of carbonyl (C=O) groups excluding carboxylic acids is 1.